The van der Waals surface area contributed by atoms with E-state index < -0.39 is 16.6 Å². The maximum Gasteiger partial charge on any atom is 0.191 e. The van der Waals surface area contributed by atoms with Crippen LogP contribution in [0.25, 0.3) is 0 Å². The molecule has 0 rings (SSSR count). The van der Waals surface area contributed by atoms with Gasteiger partial charge in [0.05, 0.1) is 0 Å². The average Bonchev–Trinajstić information content (AvgIpc) is 2.53. The van der Waals surface area contributed by atoms with Gasteiger partial charge in [-0.05, 0) is 72.8 Å². The lowest BCUT2D eigenvalue weighted by Crippen LogP contribution is -2.40. The zero-order chi connectivity index (χ0) is 22.5. The van der Waals surface area contributed by atoms with E-state index in [1.807, 2.05) is 0 Å². The highest BCUT2D eigenvalue weighted by Gasteiger charge is 2.37. The van der Waals surface area contributed by atoms with Gasteiger partial charge in [0.15, 0.2) is 16.6 Å². The Kier molecular flexibility index (Phi) is 19.9. The number of alkyl halides is 1. The number of aliphatic hydroxyl groups excluding tert-OH is 1. The van der Waals surface area contributed by atoms with Crippen LogP contribution >= 0.6 is 22.6 Å². The highest BCUT2D eigenvalue weighted by atomic mass is 127. The SMILES string of the molecule is C.CC(C)(C)[Si](C)(C)OCCCCCI.CC(C)(C)[Si](C)(C)OCCCCCO. The van der Waals surface area contributed by atoms with Gasteiger partial charge in [-0.3, -0.25) is 0 Å². The Morgan fingerprint density at radius 3 is 1.28 bits per heavy atom. The number of hydrogen-bond acceptors (Lipinski definition) is 3. The Hall–Kier alpha value is 1.04. The molecule has 6 heteroatoms. The van der Waals surface area contributed by atoms with Gasteiger partial charge in [0.1, 0.15) is 0 Å². The first-order chi connectivity index (χ1) is 12.6. The maximum absolute atomic E-state index is 8.62. The van der Waals surface area contributed by atoms with E-state index >= 15 is 0 Å². The van der Waals surface area contributed by atoms with Crippen molar-refractivity contribution in [2.45, 2.75) is 124 Å². The second-order valence-electron chi connectivity index (χ2n) is 10.8. The molecule has 0 heterocycles. The molecule has 0 unspecified atom stereocenters. The van der Waals surface area contributed by atoms with Crippen LogP contribution in [-0.4, -0.2) is 46.0 Å². The molecule has 180 valence electrons. The van der Waals surface area contributed by atoms with Crippen molar-refractivity contribution in [1.82, 2.24) is 0 Å². The summed E-state index contributed by atoms with van der Waals surface area (Å²) in [4.78, 5) is 0. The van der Waals surface area contributed by atoms with E-state index in [1.54, 1.807) is 0 Å². The van der Waals surface area contributed by atoms with Crippen molar-refractivity contribution in [2.24, 2.45) is 0 Å². The summed E-state index contributed by atoms with van der Waals surface area (Å²) in [7, 11) is -2.99. The molecule has 0 fully saturated rings. The summed E-state index contributed by atoms with van der Waals surface area (Å²) in [5.41, 5.74) is 0. The number of halogens is 1. The molecule has 0 aliphatic rings. The van der Waals surface area contributed by atoms with E-state index in [4.69, 9.17) is 14.0 Å². The minimum Gasteiger partial charge on any atom is -0.417 e. The van der Waals surface area contributed by atoms with Crippen LogP contribution in [0.4, 0.5) is 0 Å². The highest BCUT2D eigenvalue weighted by Crippen LogP contribution is 2.37. The quantitative estimate of drug-likeness (QED) is 0.112. The third-order valence-electron chi connectivity index (χ3n) is 6.12. The Morgan fingerprint density at radius 2 is 1.00 bits per heavy atom. The third kappa shape index (κ3) is 17.3. The highest BCUT2D eigenvalue weighted by molar-refractivity contribution is 14.1. The predicted molar refractivity (Wildman–Crippen MR) is 147 cm³/mol. The Bertz CT molecular complexity index is 339. The van der Waals surface area contributed by atoms with E-state index in [-0.39, 0.29) is 7.43 Å². The molecule has 0 saturated carbocycles. The fourth-order valence-electron chi connectivity index (χ4n) is 1.85. The zero-order valence-electron chi connectivity index (χ0n) is 20.7. The van der Waals surface area contributed by atoms with Crippen LogP contribution in [0.2, 0.25) is 36.3 Å². The van der Waals surface area contributed by atoms with Crippen LogP contribution in [0, 0.1) is 0 Å². The molecule has 0 aliphatic heterocycles. The van der Waals surface area contributed by atoms with E-state index in [1.165, 1.54) is 23.7 Å². The van der Waals surface area contributed by atoms with Gasteiger partial charge in [0.2, 0.25) is 0 Å². The smallest absolute Gasteiger partial charge is 0.191 e. The third-order valence-corrected chi connectivity index (χ3v) is 16.0. The van der Waals surface area contributed by atoms with Crippen molar-refractivity contribution in [3.05, 3.63) is 0 Å². The molecular weight excluding hydrogens is 507 g/mol. The molecule has 0 radical (unpaired) electrons. The van der Waals surface area contributed by atoms with Gasteiger partial charge in [-0.2, -0.15) is 0 Å². The summed E-state index contributed by atoms with van der Waals surface area (Å²) in [6.07, 6.45) is 6.94. The van der Waals surface area contributed by atoms with Crippen molar-refractivity contribution in [3.8, 4) is 0 Å². The Labute approximate surface area is 200 Å². The van der Waals surface area contributed by atoms with E-state index in [9.17, 15) is 0 Å². The Balaban J connectivity index is -0.000000451. The second kappa shape index (κ2) is 16.6. The fraction of sp³-hybridized carbons (Fsp3) is 1.00. The summed E-state index contributed by atoms with van der Waals surface area (Å²) in [5, 5.41) is 9.29. The van der Waals surface area contributed by atoms with Crippen LogP contribution in [0.15, 0.2) is 0 Å². The van der Waals surface area contributed by atoms with Crippen molar-refractivity contribution >= 4 is 39.2 Å². The van der Waals surface area contributed by atoms with Crippen LogP contribution < -0.4 is 0 Å². The molecule has 3 nitrogen and oxygen atoms in total. The number of rotatable bonds is 12. The van der Waals surface area contributed by atoms with E-state index in [0.717, 1.165) is 32.5 Å². The fourth-order valence-corrected chi connectivity index (χ4v) is 4.57. The van der Waals surface area contributed by atoms with E-state index in [0.29, 0.717) is 16.7 Å². The molecule has 29 heavy (non-hydrogen) atoms. The largest absolute Gasteiger partial charge is 0.417 e. The topological polar surface area (TPSA) is 38.7 Å². The summed E-state index contributed by atoms with van der Waals surface area (Å²) in [6, 6.07) is 0. The minimum atomic E-state index is -1.53. The molecular formula is C23H55IO3Si2. The van der Waals surface area contributed by atoms with Gasteiger partial charge in [0, 0.05) is 19.8 Å². The lowest BCUT2D eigenvalue weighted by Gasteiger charge is -2.36. The summed E-state index contributed by atoms with van der Waals surface area (Å²) in [6.45, 7) is 25.0. The lowest BCUT2D eigenvalue weighted by molar-refractivity contribution is 0.255. The molecule has 1 N–H and O–H groups in total. The van der Waals surface area contributed by atoms with Gasteiger partial charge >= 0.3 is 0 Å². The van der Waals surface area contributed by atoms with Gasteiger partial charge < -0.3 is 14.0 Å². The number of aliphatic hydroxyl groups is 1. The minimum absolute atomic E-state index is 0. The average molecular weight is 563 g/mol. The zero-order valence-corrected chi connectivity index (χ0v) is 24.9. The van der Waals surface area contributed by atoms with Gasteiger partial charge in [-0.1, -0.05) is 78.0 Å². The Morgan fingerprint density at radius 1 is 0.655 bits per heavy atom. The monoisotopic (exact) mass is 562 g/mol. The second-order valence-corrected chi connectivity index (χ2v) is 21.4. The van der Waals surface area contributed by atoms with Crippen LogP contribution in [0.5, 0.6) is 0 Å². The molecule has 0 aromatic carbocycles. The van der Waals surface area contributed by atoms with Gasteiger partial charge in [-0.15, -0.1) is 0 Å². The first-order valence-corrected chi connectivity index (χ1v) is 18.4. The molecule has 0 amide bonds. The van der Waals surface area contributed by atoms with Gasteiger partial charge in [-0.25, -0.2) is 0 Å². The summed E-state index contributed by atoms with van der Waals surface area (Å²) >= 11 is 2.44. The van der Waals surface area contributed by atoms with Crippen LogP contribution in [-0.2, 0) is 8.85 Å². The molecule has 0 bridgehead atoms. The molecule has 0 aliphatic carbocycles. The lowest BCUT2D eigenvalue weighted by atomic mass is 10.2. The first-order valence-electron chi connectivity index (χ1n) is 11.1. The van der Waals surface area contributed by atoms with Crippen molar-refractivity contribution < 1.29 is 14.0 Å². The summed E-state index contributed by atoms with van der Waals surface area (Å²) < 4.78 is 13.4. The molecule has 0 aromatic rings. The van der Waals surface area contributed by atoms with Crippen molar-refractivity contribution in [1.29, 1.82) is 0 Å². The number of hydrogen-bond donors (Lipinski definition) is 1. The first kappa shape index (κ1) is 34.7. The molecule has 0 aromatic heterocycles. The predicted octanol–water partition coefficient (Wildman–Crippen LogP) is 8.42. The van der Waals surface area contributed by atoms with Crippen LogP contribution in [0.1, 0.15) is 87.5 Å². The molecule has 0 spiro atoms. The van der Waals surface area contributed by atoms with Crippen molar-refractivity contribution in [3.63, 3.8) is 0 Å². The standard InChI is InChI=1S/C11H25IOSi.C11H26O2Si.CH4/c2*1-11(2,3)14(4,5)13-10-8-6-7-9-12;/h6-10H2,1-5H3;12H,6-10H2,1-5H3;1H4. The van der Waals surface area contributed by atoms with Gasteiger partial charge in [0.25, 0.3) is 0 Å². The number of unbranched alkanes of at least 4 members (excludes halogenated alkanes) is 4. The summed E-state index contributed by atoms with van der Waals surface area (Å²) in [5.74, 6) is 0. The van der Waals surface area contributed by atoms with Crippen molar-refractivity contribution in [2.75, 3.05) is 24.2 Å². The van der Waals surface area contributed by atoms with E-state index in [2.05, 4.69) is 90.3 Å². The molecule has 0 saturated heterocycles. The van der Waals surface area contributed by atoms with Crippen LogP contribution in [0.3, 0.4) is 0 Å². The maximum atomic E-state index is 8.62. The normalized spacial score (nSPS) is 12.8. The molecule has 0 atom stereocenters.